The molecular weight excluding hydrogens is 905 g/mol. The van der Waals surface area contributed by atoms with Crippen LogP contribution in [0.2, 0.25) is 0 Å². The summed E-state index contributed by atoms with van der Waals surface area (Å²) >= 11 is 0. The molecule has 0 amide bonds. The van der Waals surface area contributed by atoms with Gasteiger partial charge < -0.3 is 59.3 Å². The van der Waals surface area contributed by atoms with Gasteiger partial charge in [-0.3, -0.25) is 9.79 Å². The maximum atomic E-state index is 12.4. The number of hydrogen-bond donors (Lipinski definition) is 5. The highest BCUT2D eigenvalue weighted by atomic mass is 35.5. The second-order valence-electron chi connectivity index (χ2n) is 21.5. The molecule has 7 rings (SSSR count). The summed E-state index contributed by atoms with van der Waals surface area (Å²) in [6.07, 6.45) is 6.48. The predicted octanol–water partition coefficient (Wildman–Crippen LogP) is 5.83. The number of phosphoric acid groups is 1. The molecule has 4 heterocycles. The van der Waals surface area contributed by atoms with E-state index in [4.69, 9.17) is 36.5 Å². The number of hydrogen-bond acceptors (Lipinski definition) is 11. The second kappa shape index (κ2) is 24.3. The number of likely N-dealkylation sites (tertiary alicyclic amines) is 1. The standard InChI is InChI=1S/C18H30N3O.C16H26N3O5P.C16H28N3O.ClH/c1-15-13-16(5-6-18(15)19)20-8-7-17(14-20)22-12-11-21(2)9-3-4-10-21;1-11-9-13(5-6-14(11)17)18-8-7-12(10-18)15(19(2,3)4)16(20)24-25(21,22)23;1-13-11-14(5-6-16(13)17)18-8-7-15(12-18)20-10-9-19(2,3)4;/h5-6,13,17H,3-4,7-12,14,19H2,1-2H3;5-6,9,12,15H,7-8,10,17H2,1-4H3,(H-,21,22,23);5-6,11,15H,7-10,12,17H2,1-4H3;1H/q+1;;+1;/p+1. The summed E-state index contributed by atoms with van der Waals surface area (Å²) in [6, 6.07) is 17.7. The Morgan fingerprint density at radius 2 is 1.12 bits per heavy atom. The van der Waals surface area contributed by atoms with Crippen molar-refractivity contribution in [2.75, 3.05) is 160 Å². The minimum absolute atomic E-state index is 0. The molecule has 0 aromatic heterocycles. The van der Waals surface area contributed by atoms with Gasteiger partial charge in [-0.1, -0.05) is 0 Å². The minimum Gasteiger partial charge on any atom is -0.399 e. The number of likely N-dealkylation sites (N-methyl/N-ethyl adjacent to an activating group) is 3. The number of rotatable bonds is 15. The molecule has 4 aliphatic heterocycles. The highest BCUT2D eigenvalue weighted by molar-refractivity contribution is 7.46. The lowest BCUT2D eigenvalue weighted by Gasteiger charge is -2.35. The number of nitrogens with zero attached hydrogens (tertiary/aromatic N) is 6. The quantitative estimate of drug-likeness (QED) is 0.0696. The van der Waals surface area contributed by atoms with Gasteiger partial charge in [0, 0.05) is 92.2 Å². The third-order valence-corrected chi connectivity index (χ3v) is 14.3. The molecule has 18 heteroatoms. The maximum absolute atomic E-state index is 12.4. The Morgan fingerprint density at radius 1 is 0.706 bits per heavy atom. The van der Waals surface area contributed by atoms with E-state index in [9.17, 15) is 9.36 Å². The zero-order chi connectivity index (χ0) is 49.3. The van der Waals surface area contributed by atoms with E-state index in [0.29, 0.717) is 18.8 Å². The molecule has 4 unspecified atom stereocenters. The first-order valence-corrected chi connectivity index (χ1v) is 25.6. The van der Waals surface area contributed by atoms with Gasteiger partial charge in [0.25, 0.3) is 0 Å². The normalized spacial score (nSPS) is 20.8. The number of nitrogens with two attached hydrogens (primary N) is 3. The van der Waals surface area contributed by atoms with Crippen LogP contribution in [0.5, 0.6) is 0 Å². The fourth-order valence-electron chi connectivity index (χ4n) is 9.61. The molecule has 3 aromatic rings. The molecule has 4 atom stereocenters. The molecule has 4 aliphatic rings. The SMILES string of the molecule is Cc1cc(N2CCC(C(C(=O)OP(=O)(O)O)[N+](C)(C)C)C2)ccc1N.Cc1cc(N2CCC(OCC[N+](C)(C)C)C2)ccc1N.Cc1cc(N2CCC(OCC[N+]3(C)CCCC3)C2)ccc1N.Cl. The van der Waals surface area contributed by atoms with E-state index < -0.39 is 19.8 Å². The van der Waals surface area contributed by atoms with Crippen LogP contribution < -0.4 is 31.9 Å². The molecule has 3 aromatic carbocycles. The molecule has 4 saturated heterocycles. The van der Waals surface area contributed by atoms with Crippen LogP contribution in [0.25, 0.3) is 0 Å². The molecule has 0 aliphatic carbocycles. The number of ether oxygens (including phenoxy) is 2. The highest BCUT2D eigenvalue weighted by Crippen LogP contribution is 2.39. The molecule has 16 nitrogen and oxygen atoms in total. The van der Waals surface area contributed by atoms with Crippen LogP contribution in [0.4, 0.5) is 34.1 Å². The van der Waals surface area contributed by atoms with Crippen LogP contribution in [-0.4, -0.2) is 175 Å². The first kappa shape index (κ1) is 56.8. The number of carbonyl (C=O) groups is 1. The minimum atomic E-state index is -4.86. The molecule has 0 saturated carbocycles. The van der Waals surface area contributed by atoms with Crippen LogP contribution in [0.1, 0.15) is 48.8 Å². The van der Waals surface area contributed by atoms with Gasteiger partial charge in [0.1, 0.15) is 13.1 Å². The van der Waals surface area contributed by atoms with Crippen molar-refractivity contribution in [3.8, 4) is 0 Å². The van der Waals surface area contributed by atoms with Crippen molar-refractivity contribution < 1.29 is 46.6 Å². The van der Waals surface area contributed by atoms with Crippen molar-refractivity contribution in [2.45, 2.75) is 71.1 Å². The summed E-state index contributed by atoms with van der Waals surface area (Å²) in [5.74, 6) is -0.932. The van der Waals surface area contributed by atoms with Crippen molar-refractivity contribution in [1.29, 1.82) is 0 Å². The molecule has 382 valence electrons. The van der Waals surface area contributed by atoms with Crippen molar-refractivity contribution in [1.82, 2.24) is 0 Å². The van der Waals surface area contributed by atoms with E-state index >= 15 is 0 Å². The monoisotopic (exact) mass is 991 g/mol. The van der Waals surface area contributed by atoms with E-state index in [2.05, 4.69) is 85.5 Å². The third-order valence-electron chi connectivity index (χ3n) is 13.8. The Labute approximate surface area is 413 Å². The van der Waals surface area contributed by atoms with Crippen molar-refractivity contribution >= 4 is 60.3 Å². The molecule has 4 fully saturated rings. The van der Waals surface area contributed by atoms with E-state index in [1.54, 1.807) is 0 Å². The molecule has 0 radical (unpaired) electrons. The van der Waals surface area contributed by atoms with Crippen LogP contribution in [0.15, 0.2) is 54.6 Å². The van der Waals surface area contributed by atoms with Crippen molar-refractivity contribution in [3.05, 3.63) is 71.3 Å². The van der Waals surface area contributed by atoms with E-state index in [1.165, 1.54) is 41.8 Å². The smallest absolute Gasteiger partial charge is 0.399 e. The summed E-state index contributed by atoms with van der Waals surface area (Å²) in [5.41, 5.74) is 27.0. The summed E-state index contributed by atoms with van der Waals surface area (Å²) in [6.45, 7) is 18.2. The summed E-state index contributed by atoms with van der Waals surface area (Å²) in [4.78, 5) is 37.3. The fraction of sp³-hybridized carbons (Fsp3) is 0.620. The zero-order valence-corrected chi connectivity index (χ0v) is 44.4. The number of quaternary nitrogens is 3. The molecule has 8 N–H and O–H groups in total. The molecule has 68 heavy (non-hydrogen) atoms. The first-order valence-electron chi connectivity index (χ1n) is 24.1. The summed E-state index contributed by atoms with van der Waals surface area (Å²) in [7, 11) is 9.56. The molecular formula is C50H86ClN9O7P+3. The van der Waals surface area contributed by atoms with Gasteiger partial charge in [-0.25, -0.2) is 9.36 Å². The molecule has 0 spiro atoms. The van der Waals surface area contributed by atoms with E-state index in [1.807, 2.05) is 58.4 Å². The number of halogens is 1. The van der Waals surface area contributed by atoms with Gasteiger partial charge in [0.15, 0.2) is 6.04 Å². The summed E-state index contributed by atoms with van der Waals surface area (Å²) in [5, 5.41) is 0. The predicted molar refractivity (Wildman–Crippen MR) is 280 cm³/mol. The topological polar surface area (TPSA) is 190 Å². The van der Waals surface area contributed by atoms with Gasteiger partial charge in [-0.15, -0.1) is 12.4 Å². The van der Waals surface area contributed by atoms with Crippen molar-refractivity contribution in [2.24, 2.45) is 5.92 Å². The van der Waals surface area contributed by atoms with Gasteiger partial charge in [-0.2, -0.15) is 0 Å². The largest absolute Gasteiger partial charge is 0.527 e. The lowest BCUT2D eigenvalue weighted by molar-refractivity contribution is -0.898. The highest BCUT2D eigenvalue weighted by Gasteiger charge is 2.45. The van der Waals surface area contributed by atoms with Crippen LogP contribution >= 0.6 is 20.2 Å². The lowest BCUT2D eigenvalue weighted by Crippen LogP contribution is -2.54. The third kappa shape index (κ3) is 17.2. The fourth-order valence-corrected chi connectivity index (χ4v) is 9.96. The van der Waals surface area contributed by atoms with Gasteiger partial charge in [0.05, 0.1) is 87.8 Å². The zero-order valence-electron chi connectivity index (χ0n) is 42.7. The Bertz CT molecular complexity index is 2140. The maximum Gasteiger partial charge on any atom is 0.527 e. The Morgan fingerprint density at radius 3 is 1.51 bits per heavy atom. The number of anilines is 6. The molecule has 0 bridgehead atoms. The average Bonchev–Trinajstić information content (AvgIpc) is 4.07. The number of carbonyl (C=O) groups excluding carboxylic acids is 1. The van der Waals surface area contributed by atoms with E-state index in [-0.39, 0.29) is 22.8 Å². The Kier molecular flexibility index (Phi) is 20.3. The van der Waals surface area contributed by atoms with Gasteiger partial charge >= 0.3 is 13.8 Å². The van der Waals surface area contributed by atoms with Crippen LogP contribution in [-0.2, 0) is 23.4 Å². The number of nitrogen functional groups attached to an aromatic ring is 3. The van der Waals surface area contributed by atoms with Crippen LogP contribution in [0.3, 0.4) is 0 Å². The second-order valence-corrected chi connectivity index (χ2v) is 22.7. The Hall–Kier alpha value is -3.83. The van der Waals surface area contributed by atoms with Crippen LogP contribution in [0, 0.1) is 26.7 Å². The van der Waals surface area contributed by atoms with Gasteiger partial charge in [-0.05, 0) is 111 Å². The summed E-state index contributed by atoms with van der Waals surface area (Å²) < 4.78 is 30.0. The number of phosphoric ester groups is 1. The first-order chi connectivity index (χ1) is 31.3. The van der Waals surface area contributed by atoms with E-state index in [0.717, 1.165) is 122 Å². The lowest BCUT2D eigenvalue weighted by atomic mass is 9.96. The van der Waals surface area contributed by atoms with Gasteiger partial charge in [0.2, 0.25) is 0 Å². The number of aryl methyl sites for hydroxylation is 3. The number of benzene rings is 3. The average molecular weight is 992 g/mol. The van der Waals surface area contributed by atoms with Crippen molar-refractivity contribution in [3.63, 3.8) is 0 Å². The Balaban J connectivity index is 0.000000222.